The van der Waals surface area contributed by atoms with Gasteiger partial charge in [0.25, 0.3) is 5.91 Å². The van der Waals surface area contributed by atoms with E-state index in [2.05, 4.69) is 10.6 Å². The quantitative estimate of drug-likeness (QED) is 0.491. The second kappa shape index (κ2) is 10.8. The minimum atomic E-state index is -0.193. The first-order valence-electron chi connectivity index (χ1n) is 8.63. The van der Waals surface area contributed by atoms with E-state index in [0.717, 1.165) is 4.90 Å². The van der Waals surface area contributed by atoms with Crippen LogP contribution < -0.4 is 15.4 Å². The Hall–Kier alpha value is -2.18. The van der Waals surface area contributed by atoms with Crippen LogP contribution in [0.15, 0.2) is 53.4 Å². The van der Waals surface area contributed by atoms with Gasteiger partial charge >= 0.3 is 0 Å². The maximum Gasteiger partial charge on any atom is 0.252 e. The molecule has 0 atom stereocenters. The Morgan fingerprint density at radius 2 is 1.81 bits per heavy atom. The van der Waals surface area contributed by atoms with Crippen LogP contribution in [0, 0.1) is 0 Å². The molecule has 0 bridgehead atoms. The molecule has 2 aromatic carbocycles. The lowest BCUT2D eigenvalue weighted by Gasteiger charge is -2.11. The minimum Gasteiger partial charge on any atom is -0.492 e. The maximum absolute atomic E-state index is 12.4. The standard InChI is InChI=1S/C20H23ClN2O3S/c1-14(2)23-19(24)13-27-18-6-4-3-5-17(18)20(25)22-11-12-26-16-9-7-15(21)8-10-16/h3-10,14H,11-13H2,1-2H3,(H,22,25)(H,23,24). The number of carbonyl (C=O) groups excluding carboxylic acids is 2. The van der Waals surface area contributed by atoms with Crippen LogP contribution in [0.3, 0.4) is 0 Å². The van der Waals surface area contributed by atoms with Gasteiger partial charge in [-0.25, -0.2) is 0 Å². The van der Waals surface area contributed by atoms with E-state index in [1.54, 1.807) is 36.4 Å². The van der Waals surface area contributed by atoms with Gasteiger partial charge in [0.2, 0.25) is 5.91 Å². The van der Waals surface area contributed by atoms with Gasteiger partial charge in [0.1, 0.15) is 12.4 Å². The Morgan fingerprint density at radius 3 is 2.52 bits per heavy atom. The zero-order chi connectivity index (χ0) is 19.6. The third kappa shape index (κ3) is 7.53. The van der Waals surface area contributed by atoms with Crippen molar-refractivity contribution in [1.82, 2.24) is 10.6 Å². The molecule has 0 heterocycles. The van der Waals surface area contributed by atoms with Crippen molar-refractivity contribution in [2.75, 3.05) is 18.9 Å². The number of benzene rings is 2. The predicted molar refractivity (Wildman–Crippen MR) is 110 cm³/mol. The van der Waals surface area contributed by atoms with Crippen molar-refractivity contribution in [2.24, 2.45) is 0 Å². The van der Waals surface area contributed by atoms with E-state index in [0.29, 0.717) is 29.5 Å². The van der Waals surface area contributed by atoms with E-state index >= 15 is 0 Å². The molecule has 5 nitrogen and oxygen atoms in total. The normalized spacial score (nSPS) is 10.5. The third-order valence-electron chi connectivity index (χ3n) is 3.41. The summed E-state index contributed by atoms with van der Waals surface area (Å²) in [4.78, 5) is 25.0. The maximum atomic E-state index is 12.4. The molecular weight excluding hydrogens is 384 g/mol. The van der Waals surface area contributed by atoms with E-state index in [1.807, 2.05) is 26.0 Å². The molecule has 0 aliphatic heterocycles. The fraction of sp³-hybridized carbons (Fsp3) is 0.300. The van der Waals surface area contributed by atoms with Crippen molar-refractivity contribution in [2.45, 2.75) is 24.8 Å². The lowest BCUT2D eigenvalue weighted by atomic mass is 10.2. The molecule has 144 valence electrons. The van der Waals surface area contributed by atoms with Gasteiger partial charge in [-0.1, -0.05) is 23.7 Å². The molecule has 0 unspecified atom stereocenters. The number of halogens is 1. The number of ether oxygens (including phenoxy) is 1. The van der Waals surface area contributed by atoms with Crippen molar-refractivity contribution < 1.29 is 14.3 Å². The SMILES string of the molecule is CC(C)NC(=O)CSc1ccccc1C(=O)NCCOc1ccc(Cl)cc1. The smallest absolute Gasteiger partial charge is 0.252 e. The van der Waals surface area contributed by atoms with Gasteiger partial charge in [-0.3, -0.25) is 9.59 Å². The number of hydrogen-bond acceptors (Lipinski definition) is 4. The summed E-state index contributed by atoms with van der Waals surface area (Å²) in [5, 5.41) is 6.32. The highest BCUT2D eigenvalue weighted by Crippen LogP contribution is 2.22. The molecule has 2 amide bonds. The van der Waals surface area contributed by atoms with Crippen LogP contribution in [0.25, 0.3) is 0 Å². The number of nitrogens with one attached hydrogen (secondary N) is 2. The Labute approximate surface area is 168 Å². The monoisotopic (exact) mass is 406 g/mol. The van der Waals surface area contributed by atoms with Crippen LogP contribution in [-0.4, -0.2) is 36.8 Å². The molecule has 0 saturated heterocycles. The minimum absolute atomic E-state index is 0.0541. The Kier molecular flexibility index (Phi) is 8.48. The number of hydrogen-bond donors (Lipinski definition) is 2. The Morgan fingerprint density at radius 1 is 1.11 bits per heavy atom. The average molecular weight is 407 g/mol. The van der Waals surface area contributed by atoms with Crippen molar-refractivity contribution in [1.29, 1.82) is 0 Å². The van der Waals surface area contributed by atoms with Gasteiger partial charge in [-0.05, 0) is 50.2 Å². The van der Waals surface area contributed by atoms with Crippen LogP contribution in [0.2, 0.25) is 5.02 Å². The van der Waals surface area contributed by atoms with Crippen molar-refractivity contribution >= 4 is 35.2 Å². The second-order valence-corrected chi connectivity index (χ2v) is 7.52. The highest BCUT2D eigenvalue weighted by Gasteiger charge is 2.12. The molecule has 0 fully saturated rings. The summed E-state index contributed by atoms with van der Waals surface area (Å²) in [5.41, 5.74) is 0.548. The zero-order valence-corrected chi connectivity index (χ0v) is 16.9. The third-order valence-corrected chi connectivity index (χ3v) is 4.74. The summed E-state index contributed by atoms with van der Waals surface area (Å²) < 4.78 is 5.56. The first-order chi connectivity index (χ1) is 13.0. The van der Waals surface area contributed by atoms with Gasteiger partial charge in [-0.15, -0.1) is 11.8 Å². The van der Waals surface area contributed by atoms with Gasteiger partial charge in [0.15, 0.2) is 0 Å². The number of amides is 2. The predicted octanol–water partition coefficient (Wildman–Crippen LogP) is 3.77. The van der Waals surface area contributed by atoms with Gasteiger partial charge < -0.3 is 15.4 Å². The molecule has 27 heavy (non-hydrogen) atoms. The fourth-order valence-corrected chi connectivity index (χ4v) is 3.23. The lowest BCUT2D eigenvalue weighted by Crippen LogP contribution is -2.31. The lowest BCUT2D eigenvalue weighted by molar-refractivity contribution is -0.119. The summed E-state index contributed by atoms with van der Waals surface area (Å²) in [6, 6.07) is 14.4. The molecule has 0 aromatic heterocycles. The Balaban J connectivity index is 1.83. The van der Waals surface area contributed by atoms with Gasteiger partial charge in [0.05, 0.1) is 17.9 Å². The van der Waals surface area contributed by atoms with Crippen LogP contribution in [0.4, 0.5) is 0 Å². The summed E-state index contributed by atoms with van der Waals surface area (Å²) in [7, 11) is 0. The van der Waals surface area contributed by atoms with E-state index < -0.39 is 0 Å². The topological polar surface area (TPSA) is 67.4 Å². The van der Waals surface area contributed by atoms with Crippen molar-refractivity contribution in [3.05, 3.63) is 59.1 Å². The summed E-state index contributed by atoms with van der Waals surface area (Å²) >= 11 is 7.17. The summed E-state index contributed by atoms with van der Waals surface area (Å²) in [5.74, 6) is 0.715. The van der Waals surface area contributed by atoms with E-state index in [4.69, 9.17) is 16.3 Å². The highest BCUT2D eigenvalue weighted by molar-refractivity contribution is 8.00. The molecule has 2 rings (SSSR count). The molecule has 0 spiro atoms. The molecule has 0 aliphatic carbocycles. The summed E-state index contributed by atoms with van der Waals surface area (Å²) in [6.45, 7) is 4.54. The van der Waals surface area contributed by atoms with Crippen molar-refractivity contribution in [3.8, 4) is 5.75 Å². The molecule has 7 heteroatoms. The van der Waals surface area contributed by atoms with Gasteiger partial charge in [-0.2, -0.15) is 0 Å². The number of thioether (sulfide) groups is 1. The van der Waals surface area contributed by atoms with Crippen molar-refractivity contribution in [3.63, 3.8) is 0 Å². The molecule has 0 saturated carbocycles. The van der Waals surface area contributed by atoms with E-state index in [1.165, 1.54) is 11.8 Å². The molecular formula is C20H23ClN2O3S. The van der Waals surface area contributed by atoms with E-state index in [-0.39, 0.29) is 23.6 Å². The highest BCUT2D eigenvalue weighted by atomic mass is 35.5. The number of carbonyl (C=O) groups is 2. The van der Waals surface area contributed by atoms with Gasteiger partial charge in [0, 0.05) is 16.0 Å². The van der Waals surface area contributed by atoms with E-state index in [9.17, 15) is 9.59 Å². The molecule has 2 N–H and O–H groups in total. The molecule has 2 aromatic rings. The average Bonchev–Trinajstić information content (AvgIpc) is 2.64. The first kappa shape index (κ1) is 21.1. The van der Waals surface area contributed by atoms with Crippen LogP contribution in [-0.2, 0) is 4.79 Å². The fourth-order valence-electron chi connectivity index (χ4n) is 2.25. The van der Waals surface area contributed by atoms with Crippen LogP contribution in [0.1, 0.15) is 24.2 Å². The largest absolute Gasteiger partial charge is 0.492 e. The molecule has 0 radical (unpaired) electrons. The van der Waals surface area contributed by atoms with Crippen LogP contribution in [0.5, 0.6) is 5.75 Å². The zero-order valence-electron chi connectivity index (χ0n) is 15.3. The van der Waals surface area contributed by atoms with Crippen LogP contribution >= 0.6 is 23.4 Å². The Bertz CT molecular complexity index is 766. The molecule has 0 aliphatic rings. The second-order valence-electron chi connectivity index (χ2n) is 6.07. The summed E-state index contributed by atoms with van der Waals surface area (Å²) in [6.07, 6.45) is 0. The first-order valence-corrected chi connectivity index (χ1v) is 10.00. The number of rotatable bonds is 9.